The molecule has 138 valence electrons. The molecule has 0 amide bonds. The van der Waals surface area contributed by atoms with E-state index < -0.39 is 5.56 Å². The van der Waals surface area contributed by atoms with E-state index in [1.807, 2.05) is 0 Å². The number of aliphatic hydroxyl groups excluding tert-OH is 1. The number of aryl methyl sites for hydroxylation is 1. The quantitative estimate of drug-likeness (QED) is 0.647. The van der Waals surface area contributed by atoms with Gasteiger partial charge in [0.25, 0.3) is 5.56 Å². The molecule has 1 N–H and O–H groups in total. The number of aliphatic hydroxyl groups is 1. The summed E-state index contributed by atoms with van der Waals surface area (Å²) in [4.78, 5) is 16.5. The minimum Gasteiger partial charge on any atom is -0.513 e. The van der Waals surface area contributed by atoms with Crippen LogP contribution in [0.2, 0.25) is 5.02 Å². The summed E-state index contributed by atoms with van der Waals surface area (Å²) in [6, 6.07) is 13.0. The van der Waals surface area contributed by atoms with Gasteiger partial charge in [0.15, 0.2) is 5.82 Å². The van der Waals surface area contributed by atoms with Gasteiger partial charge in [-0.1, -0.05) is 30.3 Å². The molecular weight excluding hydrogens is 369 g/mol. The molecule has 0 saturated carbocycles. The Bertz CT molecular complexity index is 1030. The average Bonchev–Trinajstić information content (AvgIpc) is 2.62. The van der Waals surface area contributed by atoms with Gasteiger partial charge >= 0.3 is 0 Å². The van der Waals surface area contributed by atoms with Crippen molar-refractivity contribution in [2.75, 3.05) is 0 Å². The molecule has 1 heterocycles. The second-order valence-electron chi connectivity index (χ2n) is 6.05. The Balaban J connectivity index is 2.07. The minimum atomic E-state index is -0.475. The highest BCUT2D eigenvalue weighted by molar-refractivity contribution is 6.30. The third-order valence-electron chi connectivity index (χ3n) is 3.91. The van der Waals surface area contributed by atoms with Gasteiger partial charge in [-0.15, -0.1) is 0 Å². The summed E-state index contributed by atoms with van der Waals surface area (Å²) in [6.45, 7) is 3.65. The first-order chi connectivity index (χ1) is 12.9. The van der Waals surface area contributed by atoms with Gasteiger partial charge in [0, 0.05) is 23.4 Å². The van der Waals surface area contributed by atoms with Crippen LogP contribution in [0.25, 0.3) is 11.4 Å². The lowest BCUT2D eigenvalue weighted by Gasteiger charge is -2.13. The summed E-state index contributed by atoms with van der Waals surface area (Å²) in [5, 5.41) is 14.3. The molecular formula is C20H17ClFN3O2. The molecule has 0 aliphatic rings. The summed E-state index contributed by atoms with van der Waals surface area (Å²) in [6.07, 6.45) is 0.426. The first kappa shape index (κ1) is 18.8. The van der Waals surface area contributed by atoms with Crippen LogP contribution >= 0.6 is 11.6 Å². The minimum absolute atomic E-state index is 0.0327. The first-order valence-electron chi connectivity index (χ1n) is 8.27. The van der Waals surface area contributed by atoms with Crippen LogP contribution < -0.4 is 5.56 Å². The average molecular weight is 386 g/mol. The third-order valence-corrected chi connectivity index (χ3v) is 4.17. The van der Waals surface area contributed by atoms with Gasteiger partial charge < -0.3 is 5.11 Å². The monoisotopic (exact) mass is 385 g/mol. The molecule has 0 atom stereocenters. The second-order valence-corrected chi connectivity index (χ2v) is 6.48. The zero-order valence-corrected chi connectivity index (χ0v) is 15.2. The van der Waals surface area contributed by atoms with Crippen LogP contribution in [-0.2, 0) is 13.0 Å². The van der Waals surface area contributed by atoms with E-state index in [9.17, 15) is 14.3 Å². The second kappa shape index (κ2) is 8.14. The Morgan fingerprint density at radius 1 is 1.22 bits per heavy atom. The van der Waals surface area contributed by atoms with Crippen LogP contribution in [0.1, 0.15) is 17.7 Å². The lowest BCUT2D eigenvalue weighted by Crippen LogP contribution is -2.24. The third kappa shape index (κ3) is 4.80. The molecule has 3 aromatic rings. The maximum absolute atomic E-state index is 13.5. The number of aromatic nitrogens is 3. The number of benzene rings is 2. The molecule has 5 nitrogen and oxygen atoms in total. The Hall–Kier alpha value is -2.99. The smallest absolute Gasteiger partial charge is 0.295 e. The van der Waals surface area contributed by atoms with E-state index in [1.165, 1.54) is 12.1 Å². The largest absolute Gasteiger partial charge is 0.513 e. The Labute approximate surface area is 160 Å². The van der Waals surface area contributed by atoms with E-state index in [0.717, 1.165) is 0 Å². The molecule has 0 saturated heterocycles. The Morgan fingerprint density at radius 3 is 2.63 bits per heavy atom. The number of hydrogen-bond donors (Lipinski definition) is 1. The molecule has 0 aliphatic heterocycles. The van der Waals surface area contributed by atoms with Crippen molar-refractivity contribution in [1.29, 1.82) is 0 Å². The van der Waals surface area contributed by atoms with Gasteiger partial charge in [-0.05, 0) is 42.0 Å². The van der Waals surface area contributed by atoms with Crippen LogP contribution in [0.3, 0.4) is 0 Å². The normalized spacial score (nSPS) is 10.7. The van der Waals surface area contributed by atoms with E-state index in [2.05, 4.69) is 16.7 Å². The topological polar surface area (TPSA) is 68.0 Å². The van der Waals surface area contributed by atoms with Gasteiger partial charge in [-0.25, -0.2) is 9.07 Å². The van der Waals surface area contributed by atoms with Gasteiger partial charge in [0.2, 0.25) is 0 Å². The lowest BCUT2D eigenvalue weighted by molar-refractivity contribution is 0.389. The van der Waals surface area contributed by atoms with Crippen LogP contribution in [-0.4, -0.2) is 19.9 Å². The van der Waals surface area contributed by atoms with Crippen molar-refractivity contribution >= 4 is 11.6 Å². The van der Waals surface area contributed by atoms with Crippen molar-refractivity contribution in [2.45, 2.75) is 19.4 Å². The highest BCUT2D eigenvalue weighted by atomic mass is 35.5. The molecule has 7 heteroatoms. The molecule has 1 aromatic heterocycles. The molecule has 3 rings (SSSR count). The van der Waals surface area contributed by atoms with Crippen molar-refractivity contribution in [2.24, 2.45) is 0 Å². The molecule has 0 fully saturated rings. The van der Waals surface area contributed by atoms with Crippen molar-refractivity contribution in [1.82, 2.24) is 14.8 Å². The number of rotatable bonds is 6. The van der Waals surface area contributed by atoms with Crippen molar-refractivity contribution in [3.8, 4) is 11.4 Å². The Kier molecular flexibility index (Phi) is 5.66. The van der Waals surface area contributed by atoms with Crippen LogP contribution in [0.15, 0.2) is 65.7 Å². The summed E-state index contributed by atoms with van der Waals surface area (Å²) in [5.41, 5.74) is 1.08. The zero-order valence-electron chi connectivity index (χ0n) is 14.4. The SMILES string of the molecule is C=C(O)CCc1nn(Cc2cccc(F)c2)c(-c2ccc(Cl)cc2)nc1=O. The van der Waals surface area contributed by atoms with Gasteiger partial charge in [-0.3, -0.25) is 4.79 Å². The number of hydrogen-bond acceptors (Lipinski definition) is 4. The summed E-state index contributed by atoms with van der Waals surface area (Å²) in [5.74, 6) is -0.0338. The predicted molar refractivity (Wildman–Crippen MR) is 102 cm³/mol. The van der Waals surface area contributed by atoms with Gasteiger partial charge in [0.1, 0.15) is 11.5 Å². The van der Waals surface area contributed by atoms with Crippen molar-refractivity contribution in [3.05, 3.63) is 93.3 Å². The van der Waals surface area contributed by atoms with E-state index in [1.54, 1.807) is 41.1 Å². The summed E-state index contributed by atoms with van der Waals surface area (Å²) >= 11 is 5.94. The van der Waals surface area contributed by atoms with Gasteiger partial charge in [-0.2, -0.15) is 10.1 Å². The maximum Gasteiger partial charge on any atom is 0.295 e. The molecule has 0 spiro atoms. The summed E-state index contributed by atoms with van der Waals surface area (Å²) in [7, 11) is 0. The van der Waals surface area contributed by atoms with Crippen LogP contribution in [0, 0.1) is 5.82 Å². The standard InChI is InChI=1S/C20H17ClFN3O2/c1-13(26)5-10-18-20(27)23-19(15-6-8-16(21)9-7-15)25(24-18)12-14-3-2-4-17(22)11-14/h2-4,6-9,11,26H,1,5,10,12H2. The van der Waals surface area contributed by atoms with E-state index >= 15 is 0 Å². The van der Waals surface area contributed by atoms with E-state index in [-0.39, 0.29) is 36.7 Å². The molecule has 27 heavy (non-hydrogen) atoms. The molecule has 0 unspecified atom stereocenters. The van der Waals surface area contributed by atoms with Crippen molar-refractivity contribution in [3.63, 3.8) is 0 Å². The summed E-state index contributed by atoms with van der Waals surface area (Å²) < 4.78 is 15.1. The fraction of sp³-hybridized carbons (Fsp3) is 0.150. The first-order valence-corrected chi connectivity index (χ1v) is 8.65. The maximum atomic E-state index is 13.5. The van der Waals surface area contributed by atoms with Crippen LogP contribution in [0.5, 0.6) is 0 Å². The van der Waals surface area contributed by atoms with Crippen LogP contribution in [0.4, 0.5) is 4.39 Å². The number of halogens is 2. The Morgan fingerprint density at radius 2 is 1.96 bits per heavy atom. The predicted octanol–water partition coefficient (Wildman–Crippen LogP) is 4.15. The fourth-order valence-corrected chi connectivity index (χ4v) is 2.73. The number of nitrogens with zero attached hydrogens (tertiary/aromatic N) is 3. The lowest BCUT2D eigenvalue weighted by atomic mass is 10.2. The molecule has 0 aliphatic carbocycles. The number of allylic oxidation sites excluding steroid dienone is 1. The van der Waals surface area contributed by atoms with Crippen molar-refractivity contribution < 1.29 is 9.50 Å². The molecule has 2 aromatic carbocycles. The highest BCUT2D eigenvalue weighted by Crippen LogP contribution is 2.20. The zero-order chi connectivity index (χ0) is 19.4. The van der Waals surface area contributed by atoms with E-state index in [0.29, 0.717) is 22.0 Å². The fourth-order valence-electron chi connectivity index (χ4n) is 2.60. The molecule has 0 radical (unpaired) electrons. The van der Waals surface area contributed by atoms with Gasteiger partial charge in [0.05, 0.1) is 12.3 Å². The van der Waals surface area contributed by atoms with E-state index in [4.69, 9.17) is 11.6 Å². The molecule has 0 bridgehead atoms. The highest BCUT2D eigenvalue weighted by Gasteiger charge is 2.13.